The van der Waals surface area contributed by atoms with Crippen molar-refractivity contribution in [3.8, 4) is 0 Å². The van der Waals surface area contributed by atoms with E-state index in [-0.39, 0.29) is 29.6 Å². The van der Waals surface area contributed by atoms with Gasteiger partial charge in [0, 0.05) is 12.8 Å². The maximum atomic E-state index is 11.1. The fourth-order valence-electron chi connectivity index (χ4n) is 1.36. The van der Waals surface area contributed by atoms with Gasteiger partial charge in [-0.15, -0.1) is 0 Å². The Kier molecular flexibility index (Phi) is 5.13. The third kappa shape index (κ3) is 3.12. The zero-order valence-corrected chi connectivity index (χ0v) is 7.10. The van der Waals surface area contributed by atoms with Gasteiger partial charge in [0.15, 0.2) is 0 Å². The monoisotopic (exact) mass is 224 g/mol. The molecule has 1 aliphatic rings. The molecule has 1 rings (SSSR count). The Labute approximate surface area is 107 Å². The molecule has 78 valence electrons. The van der Waals surface area contributed by atoms with E-state index < -0.39 is 48.2 Å². The van der Waals surface area contributed by atoms with Gasteiger partial charge in [0.2, 0.25) is 0 Å². The number of carbonyl (C=O) groups is 4. The Balaban J connectivity index is 0.00000196. The number of hydrogen-bond donors (Lipinski definition) is 2. The van der Waals surface area contributed by atoms with E-state index in [1.165, 1.54) is 0 Å². The molecule has 0 heterocycles. The van der Waals surface area contributed by atoms with E-state index in [9.17, 15) is 19.2 Å². The molecule has 1 fully saturated rings. The van der Waals surface area contributed by atoms with Crippen molar-refractivity contribution in [3.05, 3.63) is 0 Å². The fraction of sp³-hybridized carbons (Fsp3) is 0.500. The van der Waals surface area contributed by atoms with Gasteiger partial charge < -0.3 is 10.2 Å². The van der Waals surface area contributed by atoms with Gasteiger partial charge in [-0.3, -0.25) is 19.2 Å². The predicted molar refractivity (Wildman–Crippen MR) is 48.6 cm³/mol. The van der Waals surface area contributed by atoms with Gasteiger partial charge in [-0.25, -0.2) is 0 Å². The van der Waals surface area contributed by atoms with E-state index in [2.05, 4.69) is 0 Å². The predicted octanol–water partition coefficient (Wildman–Crippen LogP) is -1.33. The van der Waals surface area contributed by atoms with Crippen LogP contribution in [0.2, 0.25) is 0 Å². The first-order valence-electron chi connectivity index (χ1n) is 3.94. The summed E-state index contributed by atoms with van der Waals surface area (Å²) in [5.74, 6) is -6.84. The topological polar surface area (TPSA) is 109 Å². The zero-order chi connectivity index (χ0) is 10.9. The maximum absolute atomic E-state index is 11.1. The Morgan fingerprint density at radius 2 is 1.20 bits per heavy atom. The van der Waals surface area contributed by atoms with Crippen LogP contribution in [0.25, 0.3) is 0 Å². The number of carboxylic acid groups (broad SMARTS) is 2. The van der Waals surface area contributed by atoms with Crippen molar-refractivity contribution in [1.29, 1.82) is 0 Å². The average molecular weight is 224 g/mol. The van der Waals surface area contributed by atoms with Crippen molar-refractivity contribution in [2.45, 2.75) is 12.8 Å². The zero-order valence-electron chi connectivity index (χ0n) is 7.10. The number of carboxylic acids is 2. The molecule has 2 N–H and O–H groups in total. The molecule has 0 aromatic heterocycles. The van der Waals surface area contributed by atoms with Crippen molar-refractivity contribution in [2.75, 3.05) is 0 Å². The van der Waals surface area contributed by atoms with Crippen LogP contribution in [-0.2, 0) is 19.2 Å². The van der Waals surface area contributed by atoms with Gasteiger partial charge >= 0.3 is 41.5 Å². The molecule has 0 aliphatic heterocycles. The van der Waals surface area contributed by atoms with E-state index in [1.807, 2.05) is 0 Å². The summed E-state index contributed by atoms with van der Waals surface area (Å²) in [6, 6.07) is 0. The van der Waals surface area contributed by atoms with Gasteiger partial charge in [-0.05, 0) is 0 Å². The molecule has 1 saturated carbocycles. The number of hydrogen-bond acceptors (Lipinski definition) is 4. The van der Waals surface area contributed by atoms with E-state index >= 15 is 0 Å². The number of aliphatic carboxylic acids is 2. The number of Topliss-reactive ketones (excluding diaryl/α,β-unsaturated/α-hetero) is 2. The van der Waals surface area contributed by atoms with Crippen molar-refractivity contribution >= 4 is 53.1 Å². The molecule has 0 aromatic rings. The van der Waals surface area contributed by atoms with E-state index in [1.54, 1.807) is 0 Å². The SMILES string of the molecule is O=C(O)C1CC(=O)C(C(=O)O)CC1=O.[NaH]. The first-order valence-corrected chi connectivity index (χ1v) is 3.94. The molecular weight excluding hydrogens is 215 g/mol. The molecule has 7 heteroatoms. The second-order valence-electron chi connectivity index (χ2n) is 3.12. The summed E-state index contributed by atoms with van der Waals surface area (Å²) in [5, 5.41) is 17.1. The van der Waals surface area contributed by atoms with Gasteiger partial charge in [0.25, 0.3) is 0 Å². The van der Waals surface area contributed by atoms with Crippen LogP contribution in [0.3, 0.4) is 0 Å². The van der Waals surface area contributed by atoms with Crippen molar-refractivity contribution in [2.24, 2.45) is 11.8 Å². The van der Waals surface area contributed by atoms with Crippen LogP contribution >= 0.6 is 0 Å². The first-order chi connectivity index (χ1) is 6.43. The Bertz CT molecular complexity index is 291. The van der Waals surface area contributed by atoms with Crippen LogP contribution in [0, 0.1) is 11.8 Å². The van der Waals surface area contributed by atoms with Gasteiger partial charge in [0.1, 0.15) is 23.4 Å². The Hall–Kier alpha value is -0.720. The van der Waals surface area contributed by atoms with Crippen LogP contribution in [0.15, 0.2) is 0 Å². The summed E-state index contributed by atoms with van der Waals surface area (Å²) < 4.78 is 0. The van der Waals surface area contributed by atoms with Gasteiger partial charge in [0.05, 0.1) is 0 Å². The number of ketones is 2. The summed E-state index contributed by atoms with van der Waals surface area (Å²) in [5.41, 5.74) is 0. The minimum absolute atomic E-state index is 0. The molecule has 6 nitrogen and oxygen atoms in total. The van der Waals surface area contributed by atoms with Gasteiger partial charge in [-0.2, -0.15) is 0 Å². The summed E-state index contributed by atoms with van der Waals surface area (Å²) >= 11 is 0. The van der Waals surface area contributed by atoms with Crippen LogP contribution in [0.4, 0.5) is 0 Å². The van der Waals surface area contributed by atoms with Crippen molar-refractivity contribution in [1.82, 2.24) is 0 Å². The molecule has 0 spiro atoms. The second-order valence-corrected chi connectivity index (χ2v) is 3.12. The normalized spacial score (nSPS) is 25.6. The molecule has 2 unspecified atom stereocenters. The van der Waals surface area contributed by atoms with Gasteiger partial charge in [-0.1, -0.05) is 0 Å². The number of rotatable bonds is 2. The number of carbonyl (C=O) groups excluding carboxylic acids is 2. The van der Waals surface area contributed by atoms with Crippen molar-refractivity contribution < 1.29 is 29.4 Å². The summed E-state index contributed by atoms with van der Waals surface area (Å²) in [6.45, 7) is 0. The van der Waals surface area contributed by atoms with E-state index in [0.717, 1.165) is 0 Å². The van der Waals surface area contributed by atoms with Crippen molar-refractivity contribution in [3.63, 3.8) is 0 Å². The quantitative estimate of drug-likeness (QED) is 0.444. The van der Waals surface area contributed by atoms with E-state index in [4.69, 9.17) is 10.2 Å². The molecule has 0 aromatic carbocycles. The molecule has 2 atom stereocenters. The summed E-state index contributed by atoms with van der Waals surface area (Å²) in [4.78, 5) is 43.1. The molecule has 0 amide bonds. The van der Waals surface area contributed by atoms with Crippen LogP contribution in [-0.4, -0.2) is 63.3 Å². The second kappa shape index (κ2) is 5.39. The molecule has 0 bridgehead atoms. The fourth-order valence-corrected chi connectivity index (χ4v) is 1.36. The minimum atomic E-state index is -1.37. The van der Waals surface area contributed by atoms with Crippen LogP contribution in [0.1, 0.15) is 12.8 Å². The molecule has 0 radical (unpaired) electrons. The first kappa shape index (κ1) is 14.3. The van der Waals surface area contributed by atoms with Crippen LogP contribution < -0.4 is 0 Å². The van der Waals surface area contributed by atoms with Crippen LogP contribution in [0.5, 0.6) is 0 Å². The third-order valence-corrected chi connectivity index (χ3v) is 2.18. The van der Waals surface area contributed by atoms with E-state index in [0.29, 0.717) is 0 Å². The standard InChI is InChI=1S/C8H8O6.Na.H/c9-5-1-3(7(11)12)6(10)2-4(5)8(13)14;;/h3-4H,1-2H2,(H,11,12)(H,13,14);;. The molecule has 1 aliphatic carbocycles. The molecule has 15 heavy (non-hydrogen) atoms. The summed E-state index contributed by atoms with van der Waals surface area (Å²) in [6.07, 6.45) is -1.02. The average Bonchev–Trinajstić information content (AvgIpc) is 2.07. The summed E-state index contributed by atoms with van der Waals surface area (Å²) in [7, 11) is 0. The third-order valence-electron chi connectivity index (χ3n) is 2.18. The Morgan fingerprint density at radius 3 is 1.40 bits per heavy atom. The Morgan fingerprint density at radius 1 is 0.933 bits per heavy atom. The molecular formula is C8H9NaO6. The molecule has 0 saturated heterocycles.